The van der Waals surface area contributed by atoms with E-state index in [0.717, 1.165) is 32.2 Å². The van der Waals surface area contributed by atoms with E-state index in [1.807, 2.05) is 0 Å². The highest BCUT2D eigenvalue weighted by Gasteiger charge is 2.22. The lowest BCUT2D eigenvalue weighted by Crippen LogP contribution is -2.34. The maximum atomic E-state index is 14.7. The summed E-state index contributed by atoms with van der Waals surface area (Å²) < 4.78 is 43.3. The molecule has 1 aliphatic rings. The van der Waals surface area contributed by atoms with Crippen LogP contribution < -0.4 is 10.9 Å². The third-order valence-corrected chi connectivity index (χ3v) is 7.18. The number of fused-ring (bicyclic) bond motifs is 2. The van der Waals surface area contributed by atoms with Crippen molar-refractivity contribution in [3.63, 3.8) is 0 Å². The summed E-state index contributed by atoms with van der Waals surface area (Å²) in [5.74, 6) is -0.502. The van der Waals surface area contributed by atoms with Gasteiger partial charge in [0.25, 0.3) is 5.56 Å². The van der Waals surface area contributed by atoms with E-state index in [4.69, 9.17) is 0 Å². The van der Waals surface area contributed by atoms with E-state index in [2.05, 4.69) is 10.3 Å². The van der Waals surface area contributed by atoms with Gasteiger partial charge in [-0.1, -0.05) is 0 Å². The first-order valence-corrected chi connectivity index (χ1v) is 12.4. The molecular formula is C23H23FN4O3S. The maximum absolute atomic E-state index is 14.7. The summed E-state index contributed by atoms with van der Waals surface area (Å²) in [6, 6.07) is 6.35. The first-order valence-electron chi connectivity index (χ1n) is 10.5. The zero-order valence-electron chi connectivity index (χ0n) is 17.8. The second-order valence-corrected chi connectivity index (χ2v) is 10.4. The monoisotopic (exact) mass is 454 g/mol. The number of benzene rings is 1. The lowest BCUT2D eigenvalue weighted by molar-refractivity contribution is 0.362. The smallest absolute Gasteiger partial charge is 0.259 e. The summed E-state index contributed by atoms with van der Waals surface area (Å²) in [6.07, 6.45) is 7.86. The highest BCUT2D eigenvalue weighted by molar-refractivity contribution is 7.91. The third-order valence-electron chi connectivity index (χ3n) is 6.06. The zero-order valence-corrected chi connectivity index (χ0v) is 18.6. The van der Waals surface area contributed by atoms with Gasteiger partial charge in [0.2, 0.25) is 0 Å². The Bertz CT molecular complexity index is 1530. The number of imidazole rings is 1. The van der Waals surface area contributed by atoms with E-state index in [1.54, 1.807) is 46.6 Å². The van der Waals surface area contributed by atoms with Gasteiger partial charge in [0.05, 0.1) is 16.0 Å². The summed E-state index contributed by atoms with van der Waals surface area (Å²) in [7, 11) is -3.72. The number of hydrogen-bond donors (Lipinski definition) is 1. The number of halogens is 1. The second kappa shape index (κ2) is 7.53. The van der Waals surface area contributed by atoms with Crippen molar-refractivity contribution in [2.45, 2.75) is 30.7 Å². The van der Waals surface area contributed by atoms with E-state index in [1.165, 1.54) is 12.1 Å². The average Bonchev–Trinajstić information content (AvgIpc) is 3.14. The number of nitrogens with one attached hydrogen (secondary N) is 1. The van der Waals surface area contributed by atoms with Crippen LogP contribution in [0.2, 0.25) is 0 Å². The van der Waals surface area contributed by atoms with Crippen LogP contribution >= 0.6 is 0 Å². The van der Waals surface area contributed by atoms with E-state index >= 15 is 0 Å². The van der Waals surface area contributed by atoms with Gasteiger partial charge < -0.3 is 14.3 Å². The Kier molecular flexibility index (Phi) is 4.90. The van der Waals surface area contributed by atoms with Crippen LogP contribution in [0, 0.1) is 12.7 Å². The standard InChI is InChI=1S/C23H23FN4O3S/c1-14-12-27-13-17(10-19(24)22(27)26-14)16-9-15-5-8-28(18-3-6-25-7-4-18)23(29)21(15)20(11-16)32(2,30)31/h5,8-13,18,25H,3-4,6-7H2,1-2H3. The van der Waals surface area contributed by atoms with Gasteiger partial charge in [-0.2, -0.15) is 0 Å². The minimum atomic E-state index is -3.72. The summed E-state index contributed by atoms with van der Waals surface area (Å²) in [5.41, 5.74) is 1.59. The number of piperidine rings is 1. The number of aromatic nitrogens is 3. The van der Waals surface area contributed by atoms with Crippen LogP contribution in [0.1, 0.15) is 24.6 Å². The molecule has 1 aliphatic heterocycles. The van der Waals surface area contributed by atoms with Crippen LogP contribution in [0.5, 0.6) is 0 Å². The molecule has 0 radical (unpaired) electrons. The minimum Gasteiger partial charge on any atom is -0.317 e. The molecule has 0 aliphatic carbocycles. The van der Waals surface area contributed by atoms with E-state index in [-0.39, 0.29) is 27.5 Å². The van der Waals surface area contributed by atoms with Crippen LogP contribution in [0.3, 0.4) is 0 Å². The van der Waals surface area contributed by atoms with Crippen LogP contribution in [0.4, 0.5) is 4.39 Å². The normalized spacial score (nSPS) is 15.6. The lowest BCUT2D eigenvalue weighted by Gasteiger charge is -2.25. The number of sulfone groups is 1. The maximum Gasteiger partial charge on any atom is 0.259 e. The van der Waals surface area contributed by atoms with Gasteiger partial charge in [-0.15, -0.1) is 0 Å². The van der Waals surface area contributed by atoms with Gasteiger partial charge in [0, 0.05) is 36.5 Å². The molecule has 0 spiro atoms. The molecule has 0 unspecified atom stereocenters. The molecular weight excluding hydrogens is 431 g/mol. The predicted molar refractivity (Wildman–Crippen MR) is 121 cm³/mol. The molecule has 1 saturated heterocycles. The van der Waals surface area contributed by atoms with Gasteiger partial charge in [0.1, 0.15) is 0 Å². The Hall–Kier alpha value is -3.04. The van der Waals surface area contributed by atoms with Crippen molar-refractivity contribution >= 4 is 26.3 Å². The number of pyridine rings is 2. The van der Waals surface area contributed by atoms with Gasteiger partial charge in [-0.05, 0) is 68.1 Å². The van der Waals surface area contributed by atoms with Crippen LogP contribution in [-0.4, -0.2) is 41.7 Å². The van der Waals surface area contributed by atoms with Crippen LogP contribution in [0.15, 0.2) is 52.5 Å². The summed E-state index contributed by atoms with van der Waals surface area (Å²) >= 11 is 0. The van der Waals surface area contributed by atoms with Crippen molar-refractivity contribution in [1.82, 2.24) is 19.3 Å². The average molecular weight is 455 g/mol. The molecule has 166 valence electrons. The van der Waals surface area contributed by atoms with Gasteiger partial charge >= 0.3 is 0 Å². The largest absolute Gasteiger partial charge is 0.317 e. The van der Waals surface area contributed by atoms with E-state index < -0.39 is 15.7 Å². The SMILES string of the molecule is Cc1cn2cc(-c3cc(S(C)(=O)=O)c4c(=O)n(C5CCNCC5)ccc4c3)cc(F)c2n1. The van der Waals surface area contributed by atoms with Crippen molar-refractivity contribution in [2.75, 3.05) is 19.3 Å². The third kappa shape index (κ3) is 3.51. The van der Waals surface area contributed by atoms with Crippen molar-refractivity contribution in [2.24, 2.45) is 0 Å². The number of aryl methyl sites for hydroxylation is 1. The summed E-state index contributed by atoms with van der Waals surface area (Å²) in [4.78, 5) is 17.5. The Morgan fingerprint density at radius 1 is 1.12 bits per heavy atom. The molecule has 32 heavy (non-hydrogen) atoms. The first-order chi connectivity index (χ1) is 15.2. The van der Waals surface area contributed by atoms with Crippen molar-refractivity contribution < 1.29 is 12.8 Å². The molecule has 1 N–H and O–H groups in total. The Labute approximate surface area is 184 Å². The molecule has 5 rings (SSSR count). The van der Waals surface area contributed by atoms with Crippen molar-refractivity contribution in [1.29, 1.82) is 0 Å². The Balaban J connectivity index is 1.75. The number of hydrogen-bond acceptors (Lipinski definition) is 5. The molecule has 7 nitrogen and oxygen atoms in total. The summed E-state index contributed by atoms with van der Waals surface area (Å²) in [5, 5.41) is 3.97. The second-order valence-electron chi connectivity index (χ2n) is 8.41. The van der Waals surface area contributed by atoms with Crippen LogP contribution in [-0.2, 0) is 9.84 Å². The first kappa shape index (κ1) is 20.8. The minimum absolute atomic E-state index is 0.0289. The van der Waals surface area contributed by atoms with Gasteiger partial charge in [-0.3, -0.25) is 4.79 Å². The summed E-state index contributed by atoms with van der Waals surface area (Å²) in [6.45, 7) is 3.40. The molecule has 0 atom stereocenters. The number of rotatable bonds is 3. The molecule has 4 heterocycles. The van der Waals surface area contributed by atoms with Crippen molar-refractivity contribution in [3.8, 4) is 11.1 Å². The topological polar surface area (TPSA) is 85.5 Å². The molecule has 0 saturated carbocycles. The van der Waals surface area contributed by atoms with Crippen LogP contribution in [0.25, 0.3) is 27.5 Å². The Morgan fingerprint density at radius 3 is 2.59 bits per heavy atom. The fraction of sp³-hybridized carbons (Fsp3) is 0.304. The molecule has 1 aromatic carbocycles. The molecule has 0 amide bonds. The fourth-order valence-electron chi connectivity index (χ4n) is 4.52. The van der Waals surface area contributed by atoms with Crippen molar-refractivity contribution in [3.05, 3.63) is 64.7 Å². The predicted octanol–water partition coefficient (Wildman–Crippen LogP) is 3.09. The van der Waals surface area contributed by atoms with E-state index in [0.29, 0.717) is 22.2 Å². The molecule has 9 heteroatoms. The van der Waals surface area contributed by atoms with Gasteiger partial charge in [0.15, 0.2) is 21.3 Å². The molecule has 4 aromatic rings. The fourth-order valence-corrected chi connectivity index (χ4v) is 5.44. The Morgan fingerprint density at radius 2 is 1.88 bits per heavy atom. The highest BCUT2D eigenvalue weighted by atomic mass is 32.2. The molecule has 3 aromatic heterocycles. The highest BCUT2D eigenvalue weighted by Crippen LogP contribution is 2.31. The molecule has 1 fully saturated rings. The molecule has 0 bridgehead atoms. The van der Waals surface area contributed by atoms with E-state index in [9.17, 15) is 17.6 Å². The zero-order chi connectivity index (χ0) is 22.6. The lowest BCUT2D eigenvalue weighted by atomic mass is 10.0. The number of nitrogens with zero attached hydrogens (tertiary/aromatic N) is 3. The quantitative estimate of drug-likeness (QED) is 0.514. The van der Waals surface area contributed by atoms with Gasteiger partial charge in [-0.25, -0.2) is 17.8 Å².